The summed E-state index contributed by atoms with van der Waals surface area (Å²) in [6.07, 6.45) is 1.08. The molecule has 0 heterocycles. The Morgan fingerprint density at radius 1 is 1.32 bits per heavy atom. The fourth-order valence-electron chi connectivity index (χ4n) is 2.30. The quantitative estimate of drug-likeness (QED) is 0.813. The van der Waals surface area contributed by atoms with Crippen molar-refractivity contribution in [2.75, 3.05) is 12.3 Å². The number of halogens is 1. The number of carbonyl (C=O) groups excluding carboxylic acids is 1. The summed E-state index contributed by atoms with van der Waals surface area (Å²) in [5.41, 5.74) is 6.96. The first-order chi connectivity index (χ1) is 8.32. The largest absolute Gasteiger partial charge is 0.398 e. The van der Waals surface area contributed by atoms with Gasteiger partial charge in [-0.1, -0.05) is 39.8 Å². The van der Waals surface area contributed by atoms with Crippen molar-refractivity contribution in [1.82, 2.24) is 5.32 Å². The molecule has 0 spiro atoms. The molecule has 1 aromatic carbocycles. The van der Waals surface area contributed by atoms with E-state index in [1.54, 1.807) is 12.1 Å². The first-order valence-corrected chi connectivity index (χ1v) is 6.44. The molecule has 1 rings (SSSR count). The van der Waals surface area contributed by atoms with E-state index in [0.717, 1.165) is 6.42 Å². The lowest BCUT2D eigenvalue weighted by Crippen LogP contribution is -2.35. The smallest absolute Gasteiger partial charge is 0.253 e. The fraction of sp³-hybridized carbons (Fsp3) is 0.533. The van der Waals surface area contributed by atoms with Gasteiger partial charge in [0.25, 0.3) is 5.91 Å². The molecule has 0 aromatic heterocycles. The summed E-state index contributed by atoms with van der Waals surface area (Å²) < 4.78 is 0. The van der Waals surface area contributed by atoms with Crippen molar-refractivity contribution >= 4 is 24.0 Å². The van der Waals surface area contributed by atoms with Crippen LogP contribution in [0.25, 0.3) is 0 Å². The molecule has 0 radical (unpaired) electrons. The fourth-order valence-corrected chi connectivity index (χ4v) is 2.30. The van der Waals surface area contributed by atoms with Crippen molar-refractivity contribution in [3.8, 4) is 0 Å². The van der Waals surface area contributed by atoms with E-state index in [9.17, 15) is 4.79 Å². The summed E-state index contributed by atoms with van der Waals surface area (Å²) in [6, 6.07) is 7.15. The Kier molecular flexibility index (Phi) is 6.91. The second-order valence-corrected chi connectivity index (χ2v) is 6.03. The average molecular weight is 285 g/mol. The minimum atomic E-state index is -0.0927. The highest BCUT2D eigenvalue weighted by Gasteiger charge is 2.21. The predicted molar refractivity (Wildman–Crippen MR) is 83.7 cm³/mol. The van der Waals surface area contributed by atoms with Crippen LogP contribution in [0.1, 0.15) is 44.5 Å². The number of carbonyl (C=O) groups is 1. The van der Waals surface area contributed by atoms with Gasteiger partial charge in [0.2, 0.25) is 0 Å². The number of nitrogens with one attached hydrogen (secondary N) is 1. The van der Waals surface area contributed by atoms with Crippen LogP contribution in [0.3, 0.4) is 0 Å². The van der Waals surface area contributed by atoms with E-state index in [4.69, 9.17) is 5.73 Å². The zero-order chi connectivity index (χ0) is 13.8. The Bertz CT molecular complexity index is 416. The third-order valence-corrected chi connectivity index (χ3v) is 2.89. The van der Waals surface area contributed by atoms with E-state index < -0.39 is 0 Å². The minimum Gasteiger partial charge on any atom is -0.398 e. The van der Waals surface area contributed by atoms with Crippen molar-refractivity contribution < 1.29 is 4.79 Å². The second-order valence-electron chi connectivity index (χ2n) is 6.03. The van der Waals surface area contributed by atoms with Crippen LogP contribution in [-0.4, -0.2) is 12.5 Å². The van der Waals surface area contributed by atoms with Crippen LogP contribution >= 0.6 is 12.4 Å². The summed E-state index contributed by atoms with van der Waals surface area (Å²) in [7, 11) is 0. The lowest BCUT2D eigenvalue weighted by molar-refractivity contribution is 0.0932. The van der Waals surface area contributed by atoms with Crippen LogP contribution in [0, 0.1) is 11.3 Å². The number of amides is 1. The summed E-state index contributed by atoms with van der Waals surface area (Å²) in [4.78, 5) is 12.0. The van der Waals surface area contributed by atoms with Gasteiger partial charge < -0.3 is 11.1 Å². The molecule has 0 saturated heterocycles. The predicted octanol–water partition coefficient (Wildman–Crippen LogP) is 3.49. The molecule has 1 amide bonds. The Morgan fingerprint density at radius 3 is 2.42 bits per heavy atom. The lowest BCUT2D eigenvalue weighted by atomic mass is 9.84. The van der Waals surface area contributed by atoms with E-state index in [0.29, 0.717) is 23.7 Å². The summed E-state index contributed by atoms with van der Waals surface area (Å²) >= 11 is 0. The summed E-state index contributed by atoms with van der Waals surface area (Å²) in [6.45, 7) is 9.39. The number of anilines is 1. The van der Waals surface area contributed by atoms with Crippen LogP contribution in [-0.2, 0) is 0 Å². The van der Waals surface area contributed by atoms with Gasteiger partial charge >= 0.3 is 0 Å². The standard InChI is InChI=1S/C15H24N2O.ClH/c1-11(2)9-15(3,4)10-17-14(18)12-7-5-6-8-13(12)16;/h5-8,11H,9-10,16H2,1-4H3,(H,17,18);1H. The molecule has 0 aliphatic carbocycles. The van der Waals surface area contributed by atoms with Crippen LogP contribution in [0.15, 0.2) is 24.3 Å². The summed E-state index contributed by atoms with van der Waals surface area (Å²) in [5, 5.41) is 2.97. The Morgan fingerprint density at radius 2 is 1.89 bits per heavy atom. The van der Waals surface area contributed by atoms with E-state index in [2.05, 4.69) is 33.0 Å². The molecule has 1 aromatic rings. The second kappa shape index (κ2) is 7.39. The normalized spacial score (nSPS) is 11.0. The van der Waals surface area contributed by atoms with Gasteiger partial charge in [-0.05, 0) is 29.9 Å². The number of benzene rings is 1. The molecular weight excluding hydrogens is 260 g/mol. The number of nitrogen functional groups attached to an aromatic ring is 1. The summed E-state index contributed by atoms with van der Waals surface area (Å²) in [5.74, 6) is 0.531. The van der Waals surface area contributed by atoms with Gasteiger partial charge in [0.15, 0.2) is 0 Å². The molecule has 0 saturated carbocycles. The number of nitrogens with two attached hydrogens (primary N) is 1. The first-order valence-electron chi connectivity index (χ1n) is 6.44. The van der Waals surface area contributed by atoms with Crippen LogP contribution < -0.4 is 11.1 Å². The van der Waals surface area contributed by atoms with Gasteiger partial charge in [0, 0.05) is 12.2 Å². The van der Waals surface area contributed by atoms with Gasteiger partial charge in [-0.25, -0.2) is 0 Å². The molecule has 0 aliphatic rings. The number of para-hydroxylation sites is 1. The molecule has 3 nitrogen and oxygen atoms in total. The third-order valence-electron chi connectivity index (χ3n) is 2.89. The number of hydrogen-bond donors (Lipinski definition) is 2. The van der Waals surface area contributed by atoms with Crippen LogP contribution in [0.2, 0.25) is 0 Å². The molecule has 0 aliphatic heterocycles. The molecule has 19 heavy (non-hydrogen) atoms. The number of rotatable bonds is 5. The highest BCUT2D eigenvalue weighted by atomic mass is 35.5. The van der Waals surface area contributed by atoms with E-state index in [-0.39, 0.29) is 23.7 Å². The van der Waals surface area contributed by atoms with Gasteiger partial charge in [-0.2, -0.15) is 0 Å². The van der Waals surface area contributed by atoms with Crippen molar-refractivity contribution in [1.29, 1.82) is 0 Å². The Labute approximate surface area is 122 Å². The van der Waals surface area contributed by atoms with E-state index in [1.165, 1.54) is 0 Å². The van der Waals surface area contributed by atoms with Crippen molar-refractivity contribution in [2.45, 2.75) is 34.1 Å². The SMILES string of the molecule is CC(C)CC(C)(C)CNC(=O)c1ccccc1N.Cl. The van der Waals surface area contributed by atoms with Gasteiger partial charge in [0.05, 0.1) is 5.56 Å². The molecule has 4 heteroatoms. The maximum atomic E-state index is 12.0. The maximum Gasteiger partial charge on any atom is 0.253 e. The lowest BCUT2D eigenvalue weighted by Gasteiger charge is -2.27. The van der Waals surface area contributed by atoms with Gasteiger partial charge in [0.1, 0.15) is 0 Å². The van der Waals surface area contributed by atoms with E-state index in [1.807, 2.05) is 12.1 Å². The van der Waals surface area contributed by atoms with Gasteiger partial charge in [-0.15, -0.1) is 12.4 Å². The Hall–Kier alpha value is -1.22. The zero-order valence-electron chi connectivity index (χ0n) is 12.2. The molecule has 0 unspecified atom stereocenters. The monoisotopic (exact) mass is 284 g/mol. The highest BCUT2D eigenvalue weighted by Crippen LogP contribution is 2.24. The van der Waals surface area contributed by atoms with Crippen molar-refractivity contribution in [3.05, 3.63) is 29.8 Å². The molecule has 0 fully saturated rings. The zero-order valence-corrected chi connectivity index (χ0v) is 13.0. The maximum absolute atomic E-state index is 12.0. The third kappa shape index (κ3) is 5.97. The van der Waals surface area contributed by atoms with Crippen LogP contribution in [0.5, 0.6) is 0 Å². The molecule has 0 bridgehead atoms. The van der Waals surface area contributed by atoms with Crippen LogP contribution in [0.4, 0.5) is 5.69 Å². The molecule has 108 valence electrons. The highest BCUT2D eigenvalue weighted by molar-refractivity contribution is 5.99. The molecular formula is C15H25ClN2O. The van der Waals surface area contributed by atoms with E-state index >= 15 is 0 Å². The Balaban J connectivity index is 0.00000324. The minimum absolute atomic E-state index is 0. The number of hydrogen-bond acceptors (Lipinski definition) is 2. The average Bonchev–Trinajstić information content (AvgIpc) is 2.25. The van der Waals surface area contributed by atoms with Crippen molar-refractivity contribution in [2.24, 2.45) is 11.3 Å². The first kappa shape index (κ1) is 17.8. The van der Waals surface area contributed by atoms with Crippen molar-refractivity contribution in [3.63, 3.8) is 0 Å². The molecule has 0 atom stereocenters. The topological polar surface area (TPSA) is 55.1 Å². The van der Waals surface area contributed by atoms with Gasteiger partial charge in [-0.3, -0.25) is 4.79 Å². The molecule has 3 N–H and O–H groups in total.